The minimum atomic E-state index is -0.888. The van der Waals surface area contributed by atoms with E-state index in [0.29, 0.717) is 12.1 Å². The molecule has 1 aromatic carbocycles. The molecule has 0 unspecified atom stereocenters. The van der Waals surface area contributed by atoms with Crippen LogP contribution in [0, 0.1) is 11.8 Å². The van der Waals surface area contributed by atoms with Crippen molar-refractivity contribution in [1.29, 1.82) is 0 Å². The molecule has 0 saturated heterocycles. The molecule has 5 nitrogen and oxygen atoms in total. The smallest absolute Gasteiger partial charge is 0.307 e. The van der Waals surface area contributed by atoms with Crippen molar-refractivity contribution >= 4 is 17.6 Å². The zero-order chi connectivity index (χ0) is 14.0. The number of carboxylic acids is 1. The van der Waals surface area contributed by atoms with Gasteiger partial charge in [0.25, 0.3) is 0 Å². The van der Waals surface area contributed by atoms with Crippen LogP contribution < -0.4 is 5.32 Å². The van der Waals surface area contributed by atoms with Crippen LogP contribution in [0.3, 0.4) is 0 Å². The van der Waals surface area contributed by atoms with E-state index >= 15 is 0 Å². The van der Waals surface area contributed by atoms with E-state index < -0.39 is 11.9 Å². The normalized spacial score (nSPS) is 21.2. The van der Waals surface area contributed by atoms with Gasteiger partial charge in [-0.1, -0.05) is 12.1 Å². The number of nitrogens with zero attached hydrogens (tertiary/aromatic N) is 1. The number of nitrogens with one attached hydrogen (secondary N) is 1. The minimum absolute atomic E-state index is 0.201. The van der Waals surface area contributed by atoms with Crippen LogP contribution in [-0.2, 0) is 16.1 Å². The van der Waals surface area contributed by atoms with Crippen LogP contribution in [0.25, 0.3) is 0 Å². The highest BCUT2D eigenvalue weighted by molar-refractivity contribution is 5.98. The van der Waals surface area contributed by atoms with Gasteiger partial charge in [0.15, 0.2) is 0 Å². The molecule has 0 heterocycles. The Bertz CT molecular complexity index is 482. The topological polar surface area (TPSA) is 69.6 Å². The number of hydrogen-bond acceptors (Lipinski definition) is 3. The maximum absolute atomic E-state index is 11.8. The molecule has 2 rings (SSSR count). The first-order valence-electron chi connectivity index (χ1n) is 6.24. The fourth-order valence-electron chi connectivity index (χ4n) is 2.05. The van der Waals surface area contributed by atoms with E-state index in [-0.39, 0.29) is 11.8 Å². The average Bonchev–Trinajstić information content (AvgIpc) is 3.11. The molecule has 0 aromatic heterocycles. The Morgan fingerprint density at radius 3 is 2.37 bits per heavy atom. The van der Waals surface area contributed by atoms with E-state index in [1.165, 1.54) is 0 Å². The molecule has 0 bridgehead atoms. The van der Waals surface area contributed by atoms with Crippen LogP contribution in [0.4, 0.5) is 5.69 Å². The van der Waals surface area contributed by atoms with Gasteiger partial charge in [-0.25, -0.2) is 0 Å². The Kier molecular flexibility index (Phi) is 3.85. The molecule has 0 radical (unpaired) electrons. The van der Waals surface area contributed by atoms with Gasteiger partial charge in [-0.15, -0.1) is 0 Å². The number of anilines is 1. The summed E-state index contributed by atoms with van der Waals surface area (Å²) < 4.78 is 0. The molecule has 5 heteroatoms. The van der Waals surface area contributed by atoms with Crippen molar-refractivity contribution in [1.82, 2.24) is 4.90 Å². The molecule has 19 heavy (non-hydrogen) atoms. The largest absolute Gasteiger partial charge is 0.481 e. The van der Waals surface area contributed by atoms with Crippen LogP contribution in [0.1, 0.15) is 12.0 Å². The molecule has 102 valence electrons. The quantitative estimate of drug-likeness (QED) is 0.841. The van der Waals surface area contributed by atoms with Gasteiger partial charge in [0.1, 0.15) is 0 Å². The van der Waals surface area contributed by atoms with Crippen molar-refractivity contribution in [3.63, 3.8) is 0 Å². The summed E-state index contributed by atoms with van der Waals surface area (Å²) in [6, 6.07) is 7.60. The lowest BCUT2D eigenvalue weighted by molar-refractivity contribution is -0.139. The first kappa shape index (κ1) is 13.5. The third-order valence-corrected chi connectivity index (χ3v) is 3.16. The maximum atomic E-state index is 11.8. The number of rotatable bonds is 5. The van der Waals surface area contributed by atoms with E-state index in [1.54, 1.807) is 0 Å². The Morgan fingerprint density at radius 1 is 1.26 bits per heavy atom. The van der Waals surface area contributed by atoms with Gasteiger partial charge in [-0.3, -0.25) is 9.59 Å². The van der Waals surface area contributed by atoms with Gasteiger partial charge in [-0.05, 0) is 38.2 Å². The molecule has 1 aliphatic rings. The van der Waals surface area contributed by atoms with Gasteiger partial charge in [0.2, 0.25) is 5.91 Å². The first-order valence-corrected chi connectivity index (χ1v) is 6.24. The van der Waals surface area contributed by atoms with Crippen molar-refractivity contribution in [3.8, 4) is 0 Å². The molecule has 2 atom stereocenters. The fourth-order valence-corrected chi connectivity index (χ4v) is 2.05. The Balaban J connectivity index is 1.90. The SMILES string of the molecule is CN(C)Cc1ccc(NC(=O)[C@@H]2C[C@@H]2C(=O)O)cc1. The van der Waals surface area contributed by atoms with E-state index in [2.05, 4.69) is 10.2 Å². The van der Waals surface area contributed by atoms with Gasteiger partial charge in [-0.2, -0.15) is 0 Å². The van der Waals surface area contributed by atoms with E-state index in [0.717, 1.165) is 12.1 Å². The molecule has 1 fully saturated rings. The Hall–Kier alpha value is -1.88. The number of hydrogen-bond donors (Lipinski definition) is 2. The molecular formula is C14H18N2O3. The molecule has 0 aliphatic heterocycles. The summed E-state index contributed by atoms with van der Waals surface area (Å²) in [6.45, 7) is 0.845. The molecule has 1 amide bonds. The average molecular weight is 262 g/mol. The van der Waals surface area contributed by atoms with Crippen LogP contribution in [0.2, 0.25) is 0 Å². The highest BCUT2D eigenvalue weighted by atomic mass is 16.4. The minimum Gasteiger partial charge on any atom is -0.481 e. The zero-order valence-electron chi connectivity index (χ0n) is 11.1. The molecular weight excluding hydrogens is 244 g/mol. The van der Waals surface area contributed by atoms with Crippen molar-refractivity contribution in [2.75, 3.05) is 19.4 Å². The van der Waals surface area contributed by atoms with E-state index in [4.69, 9.17) is 5.11 Å². The van der Waals surface area contributed by atoms with Gasteiger partial charge in [0, 0.05) is 12.2 Å². The third-order valence-electron chi connectivity index (χ3n) is 3.16. The monoisotopic (exact) mass is 262 g/mol. The molecule has 1 saturated carbocycles. The summed E-state index contributed by atoms with van der Waals surface area (Å²) in [5, 5.41) is 11.5. The van der Waals surface area contributed by atoms with Crippen molar-refractivity contribution in [2.45, 2.75) is 13.0 Å². The summed E-state index contributed by atoms with van der Waals surface area (Å²) in [4.78, 5) is 24.5. The van der Waals surface area contributed by atoms with Crippen molar-refractivity contribution < 1.29 is 14.7 Å². The molecule has 1 aliphatic carbocycles. The second-order valence-electron chi connectivity index (χ2n) is 5.21. The van der Waals surface area contributed by atoms with Crippen LogP contribution in [0.5, 0.6) is 0 Å². The fraction of sp³-hybridized carbons (Fsp3) is 0.429. The molecule has 1 aromatic rings. The number of carboxylic acid groups (broad SMARTS) is 1. The lowest BCUT2D eigenvalue weighted by Gasteiger charge is -2.10. The highest BCUT2D eigenvalue weighted by Crippen LogP contribution is 2.39. The maximum Gasteiger partial charge on any atom is 0.307 e. The number of carbonyl (C=O) groups is 2. The van der Waals surface area contributed by atoms with E-state index in [1.807, 2.05) is 38.4 Å². The Labute approximate surface area is 112 Å². The summed E-state index contributed by atoms with van der Waals surface area (Å²) >= 11 is 0. The second-order valence-corrected chi connectivity index (χ2v) is 5.21. The summed E-state index contributed by atoms with van der Waals surface area (Å²) in [5.74, 6) is -1.97. The van der Waals surface area contributed by atoms with Crippen molar-refractivity contribution in [2.24, 2.45) is 11.8 Å². The molecule has 0 spiro atoms. The highest BCUT2D eigenvalue weighted by Gasteiger charge is 2.48. The summed E-state index contributed by atoms with van der Waals surface area (Å²) in [7, 11) is 3.99. The van der Waals surface area contributed by atoms with E-state index in [9.17, 15) is 9.59 Å². The van der Waals surface area contributed by atoms with Gasteiger partial charge in [0.05, 0.1) is 11.8 Å². The standard InChI is InChI=1S/C14H18N2O3/c1-16(2)8-9-3-5-10(6-4-9)15-13(17)11-7-12(11)14(18)19/h3-6,11-12H,7-8H2,1-2H3,(H,15,17)(H,18,19)/t11-,12+/m1/s1. The number of aliphatic carboxylic acids is 1. The summed E-state index contributed by atoms with van der Waals surface area (Å²) in [5.41, 5.74) is 1.88. The zero-order valence-corrected chi connectivity index (χ0v) is 11.1. The number of amides is 1. The lowest BCUT2D eigenvalue weighted by Crippen LogP contribution is -2.17. The van der Waals surface area contributed by atoms with Gasteiger partial charge >= 0.3 is 5.97 Å². The summed E-state index contributed by atoms with van der Waals surface area (Å²) in [6.07, 6.45) is 0.444. The lowest BCUT2D eigenvalue weighted by atomic mass is 10.2. The first-order chi connectivity index (χ1) is 8.97. The third kappa shape index (κ3) is 3.54. The second kappa shape index (κ2) is 5.40. The van der Waals surface area contributed by atoms with Crippen LogP contribution in [-0.4, -0.2) is 36.0 Å². The predicted octanol–water partition coefficient (Wildman–Crippen LogP) is 1.41. The van der Waals surface area contributed by atoms with Gasteiger partial charge < -0.3 is 15.3 Å². The van der Waals surface area contributed by atoms with Crippen LogP contribution in [0.15, 0.2) is 24.3 Å². The number of carbonyl (C=O) groups excluding carboxylic acids is 1. The number of benzene rings is 1. The van der Waals surface area contributed by atoms with Crippen molar-refractivity contribution in [3.05, 3.63) is 29.8 Å². The molecule has 2 N–H and O–H groups in total. The predicted molar refractivity (Wildman–Crippen MR) is 71.7 cm³/mol. The Morgan fingerprint density at radius 2 is 1.89 bits per heavy atom. The van der Waals surface area contributed by atoms with Crippen LogP contribution >= 0.6 is 0 Å².